The van der Waals surface area contributed by atoms with Crippen molar-refractivity contribution < 1.29 is 17.6 Å². The zero-order valence-electron chi connectivity index (χ0n) is 10.7. The first-order valence-corrected chi connectivity index (χ1v) is 5.93. The number of halogens is 4. The summed E-state index contributed by atoms with van der Waals surface area (Å²) in [5, 5.41) is 0. The number of benzene rings is 1. The van der Waals surface area contributed by atoms with E-state index in [1.807, 2.05) is 0 Å². The second-order valence-electron chi connectivity index (χ2n) is 4.18. The molecule has 0 aliphatic carbocycles. The average molecular weight is 284 g/mol. The molecule has 0 unspecified atom stereocenters. The van der Waals surface area contributed by atoms with Crippen LogP contribution in [0.4, 0.5) is 17.6 Å². The molecule has 2 rings (SSSR count). The lowest BCUT2D eigenvalue weighted by atomic mass is 10.1. The lowest BCUT2D eigenvalue weighted by molar-refractivity contribution is -0.140. The predicted octanol–water partition coefficient (Wildman–Crippen LogP) is 4.37. The van der Waals surface area contributed by atoms with Crippen LogP contribution in [0.5, 0.6) is 0 Å². The van der Waals surface area contributed by atoms with Crippen molar-refractivity contribution in [1.82, 2.24) is 9.55 Å². The van der Waals surface area contributed by atoms with Crippen LogP contribution in [0, 0.1) is 5.82 Å². The maximum Gasteiger partial charge on any atom is 0.434 e. The first-order chi connectivity index (χ1) is 9.36. The van der Waals surface area contributed by atoms with E-state index in [0.29, 0.717) is 5.56 Å². The summed E-state index contributed by atoms with van der Waals surface area (Å²) in [6.45, 7) is 5.44. The largest absolute Gasteiger partial charge is 0.434 e. The second-order valence-corrected chi connectivity index (χ2v) is 4.18. The van der Waals surface area contributed by atoms with Crippen LogP contribution in [-0.4, -0.2) is 9.55 Å². The molecule has 0 atom stereocenters. The zero-order chi connectivity index (χ0) is 14.9. The number of imidazole rings is 1. The summed E-state index contributed by atoms with van der Waals surface area (Å²) >= 11 is 0. The van der Waals surface area contributed by atoms with E-state index in [2.05, 4.69) is 11.6 Å². The number of rotatable bonds is 3. The van der Waals surface area contributed by atoms with E-state index in [0.717, 1.165) is 6.20 Å². The van der Waals surface area contributed by atoms with Gasteiger partial charge in [0.1, 0.15) is 11.6 Å². The highest BCUT2D eigenvalue weighted by atomic mass is 19.4. The number of aromatic nitrogens is 2. The van der Waals surface area contributed by atoms with E-state index >= 15 is 0 Å². The monoisotopic (exact) mass is 284 g/mol. The Kier molecular flexibility index (Phi) is 3.65. The fourth-order valence-electron chi connectivity index (χ4n) is 1.85. The van der Waals surface area contributed by atoms with Crippen molar-refractivity contribution in [2.45, 2.75) is 19.6 Å². The SMILES string of the molecule is C=Cc1ccc(-c2nc(C(F)(F)F)cn2CC)c(F)c1. The Morgan fingerprint density at radius 2 is 2.05 bits per heavy atom. The van der Waals surface area contributed by atoms with Crippen LogP contribution >= 0.6 is 0 Å². The third-order valence-electron chi connectivity index (χ3n) is 2.88. The van der Waals surface area contributed by atoms with E-state index < -0.39 is 17.7 Å². The molecule has 0 spiro atoms. The van der Waals surface area contributed by atoms with Gasteiger partial charge in [0, 0.05) is 12.7 Å². The Balaban J connectivity index is 2.57. The van der Waals surface area contributed by atoms with E-state index in [-0.39, 0.29) is 17.9 Å². The molecular weight excluding hydrogens is 272 g/mol. The van der Waals surface area contributed by atoms with Crippen molar-refractivity contribution in [2.24, 2.45) is 0 Å². The van der Waals surface area contributed by atoms with Crippen molar-refractivity contribution >= 4 is 6.08 Å². The van der Waals surface area contributed by atoms with Crippen LogP contribution in [0.3, 0.4) is 0 Å². The third kappa shape index (κ3) is 2.59. The molecule has 2 nitrogen and oxygen atoms in total. The molecule has 1 aromatic carbocycles. The van der Waals surface area contributed by atoms with Crippen molar-refractivity contribution in [3.05, 3.63) is 48.0 Å². The zero-order valence-corrected chi connectivity index (χ0v) is 10.7. The van der Waals surface area contributed by atoms with Gasteiger partial charge in [0.2, 0.25) is 0 Å². The van der Waals surface area contributed by atoms with Crippen molar-refractivity contribution in [3.8, 4) is 11.4 Å². The number of hydrogen-bond donors (Lipinski definition) is 0. The summed E-state index contributed by atoms with van der Waals surface area (Å²) in [5.41, 5.74) is -0.439. The fraction of sp³-hybridized carbons (Fsp3) is 0.214. The van der Waals surface area contributed by atoms with Crippen LogP contribution in [0.15, 0.2) is 31.0 Å². The molecule has 2 aromatic rings. The molecule has 1 aromatic heterocycles. The van der Waals surface area contributed by atoms with Gasteiger partial charge in [-0.2, -0.15) is 13.2 Å². The highest BCUT2D eigenvalue weighted by molar-refractivity contribution is 5.61. The number of alkyl halides is 3. The van der Waals surface area contributed by atoms with Gasteiger partial charge in [-0.15, -0.1) is 0 Å². The lowest BCUT2D eigenvalue weighted by Gasteiger charge is -2.06. The lowest BCUT2D eigenvalue weighted by Crippen LogP contribution is -2.05. The average Bonchev–Trinajstić information content (AvgIpc) is 2.82. The van der Waals surface area contributed by atoms with Crippen LogP contribution in [0.1, 0.15) is 18.2 Å². The Hall–Kier alpha value is -2.11. The summed E-state index contributed by atoms with van der Waals surface area (Å²) in [6, 6.07) is 4.19. The van der Waals surface area contributed by atoms with Crippen LogP contribution in [-0.2, 0) is 12.7 Å². The van der Waals surface area contributed by atoms with Gasteiger partial charge >= 0.3 is 6.18 Å². The van der Waals surface area contributed by atoms with Gasteiger partial charge in [0.25, 0.3) is 0 Å². The summed E-state index contributed by atoms with van der Waals surface area (Å²) in [7, 11) is 0. The van der Waals surface area contributed by atoms with Crippen LogP contribution in [0.25, 0.3) is 17.5 Å². The minimum atomic E-state index is -4.55. The molecule has 0 bridgehead atoms. The van der Waals surface area contributed by atoms with Gasteiger partial charge in [-0.3, -0.25) is 0 Å². The summed E-state index contributed by atoms with van der Waals surface area (Å²) in [4.78, 5) is 3.51. The van der Waals surface area contributed by atoms with Gasteiger partial charge in [-0.1, -0.05) is 18.7 Å². The van der Waals surface area contributed by atoms with E-state index in [4.69, 9.17) is 0 Å². The molecule has 1 heterocycles. The third-order valence-corrected chi connectivity index (χ3v) is 2.88. The Labute approximate surface area is 113 Å². The molecule has 6 heteroatoms. The van der Waals surface area contributed by atoms with Crippen molar-refractivity contribution in [2.75, 3.05) is 0 Å². The molecule has 106 valence electrons. The fourth-order valence-corrected chi connectivity index (χ4v) is 1.85. The quantitative estimate of drug-likeness (QED) is 0.765. The van der Waals surface area contributed by atoms with Gasteiger partial charge in [-0.05, 0) is 24.6 Å². The first kappa shape index (κ1) is 14.3. The topological polar surface area (TPSA) is 17.8 Å². The summed E-state index contributed by atoms with van der Waals surface area (Å²) < 4.78 is 53.2. The summed E-state index contributed by atoms with van der Waals surface area (Å²) in [5.74, 6) is -0.663. The van der Waals surface area contributed by atoms with E-state index in [1.54, 1.807) is 13.0 Å². The van der Waals surface area contributed by atoms with E-state index in [1.165, 1.54) is 22.8 Å². The van der Waals surface area contributed by atoms with Crippen LogP contribution < -0.4 is 0 Å². The smallest absolute Gasteiger partial charge is 0.331 e. The van der Waals surface area contributed by atoms with Gasteiger partial charge in [-0.25, -0.2) is 9.37 Å². The van der Waals surface area contributed by atoms with Gasteiger partial charge in [0.15, 0.2) is 5.69 Å². The van der Waals surface area contributed by atoms with Gasteiger partial charge in [0.05, 0.1) is 5.56 Å². The van der Waals surface area contributed by atoms with Crippen molar-refractivity contribution in [3.63, 3.8) is 0 Å². The summed E-state index contributed by atoms with van der Waals surface area (Å²) in [6.07, 6.45) is -2.21. The highest BCUT2D eigenvalue weighted by Crippen LogP contribution is 2.32. The minimum Gasteiger partial charge on any atom is -0.331 e. The van der Waals surface area contributed by atoms with Crippen molar-refractivity contribution in [1.29, 1.82) is 0 Å². The molecule has 0 N–H and O–H groups in total. The molecule has 0 saturated carbocycles. The Morgan fingerprint density at radius 1 is 1.35 bits per heavy atom. The number of nitrogens with zero attached hydrogens (tertiary/aromatic N) is 2. The standard InChI is InChI=1S/C14H12F4N2/c1-3-9-5-6-10(11(15)7-9)13-19-12(14(16,17)18)8-20(13)4-2/h3,5-8H,1,4H2,2H3. The van der Waals surface area contributed by atoms with Gasteiger partial charge < -0.3 is 4.57 Å². The number of aryl methyl sites for hydroxylation is 1. The maximum absolute atomic E-state index is 14.0. The normalized spacial score (nSPS) is 11.7. The van der Waals surface area contributed by atoms with Crippen LogP contribution in [0.2, 0.25) is 0 Å². The Morgan fingerprint density at radius 3 is 2.55 bits per heavy atom. The molecule has 0 amide bonds. The van der Waals surface area contributed by atoms with E-state index in [9.17, 15) is 17.6 Å². The predicted molar refractivity (Wildman–Crippen MR) is 68.4 cm³/mol. The molecular formula is C14H12F4N2. The molecule has 0 saturated heterocycles. The second kappa shape index (κ2) is 5.11. The molecule has 20 heavy (non-hydrogen) atoms. The molecule has 0 radical (unpaired) electrons. The highest BCUT2D eigenvalue weighted by Gasteiger charge is 2.35. The number of hydrogen-bond acceptors (Lipinski definition) is 1. The first-order valence-electron chi connectivity index (χ1n) is 5.93. The molecule has 0 aliphatic heterocycles. The molecule has 0 fully saturated rings. The Bertz CT molecular complexity index is 641. The molecule has 0 aliphatic rings. The maximum atomic E-state index is 14.0. The minimum absolute atomic E-state index is 0.0343.